The molecule has 2 fully saturated rings. The van der Waals surface area contributed by atoms with E-state index in [0.717, 1.165) is 35.9 Å². The lowest BCUT2D eigenvalue weighted by atomic mass is 10.0. The fourth-order valence-electron chi connectivity index (χ4n) is 3.08. The summed E-state index contributed by atoms with van der Waals surface area (Å²) in [5.74, 6) is 2.12. The Labute approximate surface area is 108 Å². The van der Waals surface area contributed by atoms with Gasteiger partial charge in [0.05, 0.1) is 6.61 Å². The molecule has 0 bridgehead atoms. The Bertz CT molecular complexity index is 448. The van der Waals surface area contributed by atoms with E-state index in [1.807, 2.05) is 24.3 Å². The molecule has 1 N–H and O–H groups in total. The third-order valence-electron chi connectivity index (χ3n) is 4.12. The highest BCUT2D eigenvalue weighted by atomic mass is 16.5. The molecule has 3 nitrogen and oxygen atoms in total. The monoisotopic (exact) mass is 245 g/mol. The van der Waals surface area contributed by atoms with Gasteiger partial charge in [-0.3, -0.25) is 4.79 Å². The smallest absolute Gasteiger partial charge is 0.227 e. The molecule has 0 aromatic heterocycles. The molecule has 96 valence electrons. The van der Waals surface area contributed by atoms with E-state index in [-0.39, 0.29) is 11.8 Å². The molecule has 18 heavy (non-hydrogen) atoms. The van der Waals surface area contributed by atoms with Crippen LogP contribution in [0.5, 0.6) is 0 Å². The number of carbonyl (C=O) groups is 1. The Morgan fingerprint density at radius 2 is 2.11 bits per heavy atom. The summed E-state index contributed by atoms with van der Waals surface area (Å²) in [4.78, 5) is 12.1. The lowest BCUT2D eigenvalue weighted by Gasteiger charge is -2.13. The molecule has 1 amide bonds. The number of carbonyl (C=O) groups excluding carboxylic acids is 1. The Morgan fingerprint density at radius 3 is 2.83 bits per heavy atom. The van der Waals surface area contributed by atoms with Gasteiger partial charge in [-0.05, 0) is 48.8 Å². The lowest BCUT2D eigenvalue weighted by molar-refractivity contribution is -0.120. The fourth-order valence-corrected chi connectivity index (χ4v) is 3.08. The second-order valence-corrected chi connectivity index (χ2v) is 5.55. The van der Waals surface area contributed by atoms with Gasteiger partial charge in [-0.2, -0.15) is 0 Å². The molecule has 1 aromatic rings. The molecule has 3 heteroatoms. The van der Waals surface area contributed by atoms with Crippen molar-refractivity contribution in [2.45, 2.75) is 25.9 Å². The molecule has 0 radical (unpaired) electrons. The topological polar surface area (TPSA) is 38.3 Å². The quantitative estimate of drug-likeness (QED) is 0.885. The summed E-state index contributed by atoms with van der Waals surface area (Å²) >= 11 is 0. The van der Waals surface area contributed by atoms with Crippen molar-refractivity contribution in [2.75, 3.05) is 12.4 Å². The van der Waals surface area contributed by atoms with Crippen LogP contribution in [0.3, 0.4) is 0 Å². The van der Waals surface area contributed by atoms with Crippen LogP contribution in [0, 0.1) is 17.8 Å². The summed E-state index contributed by atoms with van der Waals surface area (Å²) in [6.45, 7) is 0.581. The van der Waals surface area contributed by atoms with Crippen molar-refractivity contribution >= 4 is 11.6 Å². The fraction of sp³-hybridized carbons (Fsp3) is 0.533. The average molecular weight is 245 g/mol. The van der Waals surface area contributed by atoms with Crippen LogP contribution in [-0.2, 0) is 16.1 Å². The predicted octanol–water partition coefficient (Wildman–Crippen LogP) is 2.82. The summed E-state index contributed by atoms with van der Waals surface area (Å²) in [5, 5.41) is 3.03. The number of methoxy groups -OCH3 is 1. The van der Waals surface area contributed by atoms with Crippen LogP contribution < -0.4 is 5.32 Å². The van der Waals surface area contributed by atoms with Gasteiger partial charge in [-0.25, -0.2) is 0 Å². The zero-order valence-electron chi connectivity index (χ0n) is 10.7. The van der Waals surface area contributed by atoms with Gasteiger partial charge < -0.3 is 10.1 Å². The number of hydrogen-bond acceptors (Lipinski definition) is 2. The molecule has 0 heterocycles. The number of ether oxygens (including phenoxy) is 1. The SMILES string of the molecule is COCc1cccc(NC(=O)C2CC3CC3C2)c1. The Balaban J connectivity index is 1.61. The molecular weight excluding hydrogens is 226 g/mol. The minimum absolute atomic E-state index is 0.191. The number of hydrogen-bond donors (Lipinski definition) is 1. The summed E-state index contributed by atoms with van der Waals surface area (Å²) < 4.78 is 5.09. The van der Waals surface area contributed by atoms with Crippen LogP contribution in [-0.4, -0.2) is 13.0 Å². The summed E-state index contributed by atoms with van der Waals surface area (Å²) in [5.41, 5.74) is 1.97. The zero-order valence-corrected chi connectivity index (χ0v) is 10.7. The molecule has 0 spiro atoms. The van der Waals surface area contributed by atoms with Crippen LogP contribution in [0.2, 0.25) is 0 Å². The van der Waals surface area contributed by atoms with Crippen molar-refractivity contribution in [3.63, 3.8) is 0 Å². The second kappa shape index (κ2) is 4.73. The summed E-state index contributed by atoms with van der Waals surface area (Å²) in [6.07, 6.45) is 3.54. The van der Waals surface area contributed by atoms with E-state index in [2.05, 4.69) is 5.32 Å². The molecule has 2 aliphatic rings. The van der Waals surface area contributed by atoms with Crippen LogP contribution in [0.4, 0.5) is 5.69 Å². The van der Waals surface area contributed by atoms with Crippen molar-refractivity contribution in [2.24, 2.45) is 17.8 Å². The number of fused-ring (bicyclic) bond motifs is 1. The van der Waals surface area contributed by atoms with Crippen LogP contribution >= 0.6 is 0 Å². The highest BCUT2D eigenvalue weighted by Crippen LogP contribution is 2.54. The maximum absolute atomic E-state index is 12.1. The van der Waals surface area contributed by atoms with Gasteiger partial charge in [-0.15, -0.1) is 0 Å². The third-order valence-corrected chi connectivity index (χ3v) is 4.12. The normalized spacial score (nSPS) is 28.8. The molecule has 2 atom stereocenters. The number of benzene rings is 1. The Hall–Kier alpha value is -1.35. The van der Waals surface area contributed by atoms with E-state index in [4.69, 9.17) is 4.74 Å². The number of rotatable bonds is 4. The van der Waals surface area contributed by atoms with E-state index in [1.165, 1.54) is 6.42 Å². The largest absolute Gasteiger partial charge is 0.380 e. The number of amides is 1. The maximum Gasteiger partial charge on any atom is 0.227 e. The summed E-state index contributed by atoms with van der Waals surface area (Å²) in [6, 6.07) is 7.88. The highest BCUT2D eigenvalue weighted by Gasteiger charge is 2.47. The first-order chi connectivity index (χ1) is 8.76. The van der Waals surface area contributed by atoms with Gasteiger partial charge in [0.25, 0.3) is 0 Å². The van der Waals surface area contributed by atoms with Gasteiger partial charge in [0.2, 0.25) is 5.91 Å². The molecule has 1 aromatic carbocycles. The first-order valence-electron chi connectivity index (χ1n) is 6.65. The van der Waals surface area contributed by atoms with Crippen molar-refractivity contribution in [1.29, 1.82) is 0 Å². The van der Waals surface area contributed by atoms with Gasteiger partial charge in [0.1, 0.15) is 0 Å². The molecule has 3 rings (SSSR count). The second-order valence-electron chi connectivity index (χ2n) is 5.55. The molecule has 2 saturated carbocycles. The number of anilines is 1. The van der Waals surface area contributed by atoms with Gasteiger partial charge >= 0.3 is 0 Å². The van der Waals surface area contributed by atoms with Crippen LogP contribution in [0.1, 0.15) is 24.8 Å². The minimum atomic E-state index is 0.191. The van der Waals surface area contributed by atoms with Crippen molar-refractivity contribution in [3.8, 4) is 0 Å². The summed E-state index contributed by atoms with van der Waals surface area (Å²) in [7, 11) is 1.68. The standard InChI is InChI=1S/C15H19NO2/c1-18-9-10-3-2-4-14(5-10)16-15(17)13-7-11-6-12(11)8-13/h2-5,11-13H,6-9H2,1H3,(H,16,17). The molecule has 2 aliphatic carbocycles. The van der Waals surface area contributed by atoms with Gasteiger partial charge in [0, 0.05) is 18.7 Å². The number of nitrogens with one attached hydrogen (secondary N) is 1. The van der Waals surface area contributed by atoms with Gasteiger partial charge in [-0.1, -0.05) is 12.1 Å². The molecule has 0 saturated heterocycles. The van der Waals surface area contributed by atoms with E-state index < -0.39 is 0 Å². The Kier molecular flexibility index (Phi) is 3.08. The van der Waals surface area contributed by atoms with Crippen molar-refractivity contribution < 1.29 is 9.53 Å². The van der Waals surface area contributed by atoms with E-state index in [9.17, 15) is 4.79 Å². The molecule has 0 aliphatic heterocycles. The lowest BCUT2D eigenvalue weighted by Crippen LogP contribution is -2.21. The first kappa shape index (κ1) is 11.7. The highest BCUT2D eigenvalue weighted by molar-refractivity contribution is 5.92. The predicted molar refractivity (Wildman–Crippen MR) is 70.1 cm³/mol. The molecular formula is C15H19NO2. The van der Waals surface area contributed by atoms with Crippen LogP contribution in [0.25, 0.3) is 0 Å². The minimum Gasteiger partial charge on any atom is -0.380 e. The van der Waals surface area contributed by atoms with Crippen molar-refractivity contribution in [1.82, 2.24) is 0 Å². The average Bonchev–Trinajstić information content (AvgIpc) is 2.97. The Morgan fingerprint density at radius 1 is 1.33 bits per heavy atom. The van der Waals surface area contributed by atoms with E-state index >= 15 is 0 Å². The first-order valence-corrected chi connectivity index (χ1v) is 6.65. The third kappa shape index (κ3) is 2.41. The van der Waals surface area contributed by atoms with Crippen molar-refractivity contribution in [3.05, 3.63) is 29.8 Å². The van der Waals surface area contributed by atoms with E-state index in [1.54, 1.807) is 7.11 Å². The zero-order chi connectivity index (χ0) is 12.5. The van der Waals surface area contributed by atoms with Gasteiger partial charge in [0.15, 0.2) is 0 Å². The molecule has 2 unspecified atom stereocenters. The van der Waals surface area contributed by atoms with E-state index in [0.29, 0.717) is 6.61 Å². The van der Waals surface area contributed by atoms with Crippen LogP contribution in [0.15, 0.2) is 24.3 Å². The maximum atomic E-state index is 12.1.